The molecule has 0 aromatic carbocycles. The number of rotatable bonds is 5. The molecule has 4 nitrogen and oxygen atoms in total. The summed E-state index contributed by atoms with van der Waals surface area (Å²) < 4.78 is 30.6. The molecule has 3 N–H and O–H groups in total. The minimum absolute atomic E-state index is 0.0795. The Morgan fingerprint density at radius 2 is 1.69 bits per heavy atom. The second-order valence-electron chi connectivity index (χ2n) is 12.3. The normalized spacial score (nSPS) is 47.8. The van der Waals surface area contributed by atoms with Crippen LogP contribution in [-0.2, 0) is 4.79 Å². The van der Waals surface area contributed by atoms with E-state index >= 15 is 8.78 Å². The Morgan fingerprint density at radius 3 is 2.31 bits per heavy atom. The number of halogens is 2. The SMILES string of the molecule is CC[C@H]1[C@@H]2C(F)(F)CCC[C@]2(C)[C@H]2CC[C@]3(C)[C@@H]([C@H](C)CCC(=O)O)CC[C@H]3[C@@H]2C1(O)O. The number of aliphatic hydroxyl groups is 2. The lowest BCUT2D eigenvalue weighted by atomic mass is 9.40. The fraction of sp³-hybridized carbons (Fsp3) is 0.962. The number of carbonyl (C=O) groups is 1. The van der Waals surface area contributed by atoms with Crippen LogP contribution < -0.4 is 0 Å². The van der Waals surface area contributed by atoms with E-state index in [0.717, 1.165) is 32.1 Å². The van der Waals surface area contributed by atoms with Crippen LogP contribution in [0.4, 0.5) is 8.78 Å². The summed E-state index contributed by atoms with van der Waals surface area (Å²) in [7, 11) is 0. The van der Waals surface area contributed by atoms with Crippen molar-refractivity contribution in [3.05, 3.63) is 0 Å². The summed E-state index contributed by atoms with van der Waals surface area (Å²) in [6.45, 7) is 8.23. The summed E-state index contributed by atoms with van der Waals surface area (Å²) in [5.41, 5.74) is -0.676. The molecule has 32 heavy (non-hydrogen) atoms. The van der Waals surface area contributed by atoms with Crippen molar-refractivity contribution >= 4 is 5.97 Å². The average Bonchev–Trinajstić information content (AvgIpc) is 3.04. The summed E-state index contributed by atoms with van der Waals surface area (Å²) >= 11 is 0. The van der Waals surface area contributed by atoms with Gasteiger partial charge in [0.05, 0.1) is 0 Å². The van der Waals surface area contributed by atoms with Gasteiger partial charge in [-0.1, -0.05) is 27.7 Å². The van der Waals surface area contributed by atoms with Crippen molar-refractivity contribution in [1.82, 2.24) is 0 Å². The monoisotopic (exact) mass is 456 g/mol. The predicted molar refractivity (Wildman–Crippen MR) is 118 cm³/mol. The zero-order valence-electron chi connectivity index (χ0n) is 20.1. The van der Waals surface area contributed by atoms with Gasteiger partial charge in [-0.05, 0) is 85.9 Å². The summed E-state index contributed by atoms with van der Waals surface area (Å²) in [4.78, 5) is 11.1. The van der Waals surface area contributed by atoms with Crippen molar-refractivity contribution in [2.45, 2.75) is 104 Å². The van der Waals surface area contributed by atoms with Crippen LogP contribution in [-0.4, -0.2) is 33.0 Å². The number of carboxylic acids is 1. The molecule has 0 heterocycles. The summed E-state index contributed by atoms with van der Waals surface area (Å²) in [5, 5.41) is 32.4. The van der Waals surface area contributed by atoms with Crippen LogP contribution >= 0.6 is 0 Å². The Labute approximate surface area is 191 Å². The van der Waals surface area contributed by atoms with Gasteiger partial charge in [0.1, 0.15) is 0 Å². The van der Waals surface area contributed by atoms with Crippen LogP contribution in [0.15, 0.2) is 0 Å². The van der Waals surface area contributed by atoms with Gasteiger partial charge in [-0.15, -0.1) is 0 Å². The van der Waals surface area contributed by atoms with Gasteiger partial charge in [0.25, 0.3) is 5.92 Å². The van der Waals surface area contributed by atoms with Crippen molar-refractivity contribution < 1.29 is 28.9 Å². The Balaban J connectivity index is 1.70. The van der Waals surface area contributed by atoms with Crippen LogP contribution in [0.5, 0.6) is 0 Å². The lowest BCUT2D eigenvalue weighted by Crippen LogP contribution is -2.70. The highest BCUT2D eigenvalue weighted by atomic mass is 19.3. The maximum atomic E-state index is 15.3. The van der Waals surface area contributed by atoms with Crippen molar-refractivity contribution in [2.24, 2.45) is 52.3 Å². The van der Waals surface area contributed by atoms with Crippen LogP contribution in [0, 0.1) is 52.3 Å². The van der Waals surface area contributed by atoms with Gasteiger partial charge in [0, 0.05) is 30.6 Å². The minimum Gasteiger partial charge on any atom is -0.481 e. The predicted octanol–water partition coefficient (Wildman–Crippen LogP) is 5.71. The molecule has 4 aliphatic carbocycles. The highest BCUT2D eigenvalue weighted by Gasteiger charge is 2.73. The second-order valence-corrected chi connectivity index (χ2v) is 12.3. The summed E-state index contributed by atoms with van der Waals surface area (Å²) in [6, 6.07) is 0. The molecule has 4 aliphatic rings. The molecule has 0 radical (unpaired) electrons. The van der Waals surface area contributed by atoms with E-state index in [1.54, 1.807) is 0 Å². The zero-order valence-corrected chi connectivity index (χ0v) is 20.1. The van der Waals surface area contributed by atoms with Gasteiger partial charge in [0.2, 0.25) is 0 Å². The first-order valence-electron chi connectivity index (χ1n) is 12.8. The molecule has 0 aliphatic heterocycles. The number of aliphatic carboxylic acids is 1. The molecular formula is C26H42F2O4. The van der Waals surface area contributed by atoms with Crippen molar-refractivity contribution in [1.29, 1.82) is 0 Å². The van der Waals surface area contributed by atoms with Gasteiger partial charge in [-0.3, -0.25) is 4.79 Å². The molecule has 9 atom stereocenters. The first kappa shape index (κ1) is 24.4. The van der Waals surface area contributed by atoms with E-state index in [9.17, 15) is 15.0 Å². The highest BCUT2D eigenvalue weighted by Crippen LogP contribution is 2.72. The van der Waals surface area contributed by atoms with Crippen LogP contribution in [0.3, 0.4) is 0 Å². The van der Waals surface area contributed by atoms with Gasteiger partial charge < -0.3 is 15.3 Å². The molecular weight excluding hydrogens is 414 g/mol. The van der Waals surface area contributed by atoms with Crippen LogP contribution in [0.2, 0.25) is 0 Å². The van der Waals surface area contributed by atoms with E-state index in [1.165, 1.54) is 0 Å². The van der Waals surface area contributed by atoms with Crippen LogP contribution in [0.25, 0.3) is 0 Å². The van der Waals surface area contributed by atoms with Crippen LogP contribution in [0.1, 0.15) is 91.9 Å². The Hall–Kier alpha value is -0.750. The molecule has 0 aromatic heterocycles. The maximum Gasteiger partial charge on any atom is 0.303 e. The molecule has 0 bridgehead atoms. The first-order chi connectivity index (χ1) is 14.8. The van der Waals surface area contributed by atoms with E-state index in [1.807, 2.05) is 13.8 Å². The van der Waals surface area contributed by atoms with Gasteiger partial charge in [-0.25, -0.2) is 8.78 Å². The number of hydrogen-bond donors (Lipinski definition) is 3. The Kier molecular flexibility index (Phi) is 6.02. The molecule has 4 saturated carbocycles. The lowest BCUT2D eigenvalue weighted by molar-refractivity contribution is -0.359. The zero-order chi connectivity index (χ0) is 23.7. The average molecular weight is 457 g/mol. The lowest BCUT2D eigenvalue weighted by Gasteiger charge is -2.67. The number of fused-ring (bicyclic) bond motifs is 5. The summed E-state index contributed by atoms with van der Waals surface area (Å²) in [6.07, 6.45) is 5.69. The fourth-order valence-electron chi connectivity index (χ4n) is 9.70. The Morgan fingerprint density at radius 1 is 1.03 bits per heavy atom. The molecule has 0 aromatic rings. The molecule has 4 rings (SSSR count). The van der Waals surface area contributed by atoms with E-state index in [4.69, 9.17) is 5.11 Å². The maximum absolute atomic E-state index is 15.3. The smallest absolute Gasteiger partial charge is 0.303 e. The first-order valence-corrected chi connectivity index (χ1v) is 12.8. The van der Waals surface area contributed by atoms with Crippen molar-refractivity contribution in [2.75, 3.05) is 0 Å². The van der Waals surface area contributed by atoms with Gasteiger partial charge in [0.15, 0.2) is 5.79 Å². The Bertz CT molecular complexity index is 739. The van der Waals surface area contributed by atoms with Gasteiger partial charge >= 0.3 is 5.97 Å². The molecule has 4 fully saturated rings. The molecule has 0 unspecified atom stereocenters. The second kappa shape index (κ2) is 7.90. The quantitative estimate of drug-likeness (QED) is 0.463. The number of carboxylic acid groups (broad SMARTS) is 1. The number of alkyl halides is 2. The van der Waals surface area contributed by atoms with Gasteiger partial charge in [-0.2, -0.15) is 0 Å². The van der Waals surface area contributed by atoms with Crippen molar-refractivity contribution in [3.8, 4) is 0 Å². The minimum atomic E-state index is -2.86. The molecule has 6 heteroatoms. The molecule has 0 amide bonds. The third kappa shape index (κ3) is 3.37. The number of hydrogen-bond acceptors (Lipinski definition) is 3. The fourth-order valence-corrected chi connectivity index (χ4v) is 9.70. The van der Waals surface area contributed by atoms with E-state index in [2.05, 4.69) is 13.8 Å². The standard InChI is InChI=1S/C26H42F2O4/c1-5-16-22-24(4,12-6-13-25(22,27)28)19-11-14-23(3)17(15(2)7-10-20(29)30)8-9-18(23)21(19)26(16,31)32/h15-19,21-22,31-32H,5-14H2,1-4H3,(H,29,30)/t15-,16+,17-,18+,19+,21+,22+,23-,24-/m1/s1. The van der Waals surface area contributed by atoms with E-state index < -0.39 is 40.8 Å². The van der Waals surface area contributed by atoms with E-state index in [0.29, 0.717) is 25.2 Å². The third-order valence-electron chi connectivity index (χ3n) is 11.0. The molecule has 0 spiro atoms. The molecule has 184 valence electrons. The largest absolute Gasteiger partial charge is 0.481 e. The van der Waals surface area contributed by atoms with Crippen molar-refractivity contribution in [3.63, 3.8) is 0 Å². The summed E-state index contributed by atoms with van der Waals surface area (Å²) in [5.74, 6) is -7.37. The van der Waals surface area contributed by atoms with E-state index in [-0.39, 0.29) is 36.0 Å². The highest BCUT2D eigenvalue weighted by molar-refractivity contribution is 5.66. The third-order valence-corrected chi connectivity index (χ3v) is 11.0. The molecule has 0 saturated heterocycles. The topological polar surface area (TPSA) is 77.8 Å².